The van der Waals surface area contributed by atoms with Crippen molar-refractivity contribution in [3.8, 4) is 16.9 Å². The van der Waals surface area contributed by atoms with Crippen LogP contribution in [0.2, 0.25) is 0 Å². The van der Waals surface area contributed by atoms with Gasteiger partial charge >= 0.3 is 0 Å². The number of carbonyl (C=O) groups excluding carboxylic acids is 1. The van der Waals surface area contributed by atoms with Gasteiger partial charge in [-0.1, -0.05) is 0 Å². The number of carbonyl (C=O) groups is 1. The normalized spacial score (nSPS) is 17.6. The molecule has 4 aromatic rings. The van der Waals surface area contributed by atoms with Crippen molar-refractivity contribution in [2.24, 2.45) is 0 Å². The van der Waals surface area contributed by atoms with Crippen LogP contribution < -0.4 is 10.5 Å². The molecule has 0 bridgehead atoms. The maximum Gasteiger partial charge on any atom is 0.256 e. The summed E-state index contributed by atoms with van der Waals surface area (Å²) in [6.45, 7) is 1.24. The largest absolute Gasteiger partial charge is 0.484 e. The Hall–Kier alpha value is -4.12. The molecule has 2 N–H and O–H groups in total. The van der Waals surface area contributed by atoms with Gasteiger partial charge in [0, 0.05) is 55.5 Å². The van der Waals surface area contributed by atoms with Gasteiger partial charge in [0.2, 0.25) is 5.95 Å². The highest BCUT2D eigenvalue weighted by atomic mass is 19.1. The van der Waals surface area contributed by atoms with Crippen LogP contribution in [0.3, 0.4) is 0 Å². The van der Waals surface area contributed by atoms with Gasteiger partial charge in [0.25, 0.3) is 5.91 Å². The SMILES string of the molecule is Nc1nc2cc(-c3cnc4c(c3)C(=O)N(Cc3cc(F)cc(F)c3OC3CCOC3)CC4)ccn2n1. The summed E-state index contributed by atoms with van der Waals surface area (Å²) in [5.74, 6) is -1.67. The Balaban J connectivity index is 1.29. The van der Waals surface area contributed by atoms with Crippen molar-refractivity contribution in [3.63, 3.8) is 0 Å². The van der Waals surface area contributed by atoms with E-state index in [1.54, 1.807) is 27.9 Å². The molecule has 1 atom stereocenters. The van der Waals surface area contributed by atoms with Gasteiger partial charge < -0.3 is 20.1 Å². The molecule has 184 valence electrons. The number of fused-ring (bicyclic) bond motifs is 2. The van der Waals surface area contributed by atoms with Gasteiger partial charge in [-0.05, 0) is 29.8 Å². The van der Waals surface area contributed by atoms with Gasteiger partial charge in [-0.15, -0.1) is 5.10 Å². The highest BCUT2D eigenvalue weighted by Gasteiger charge is 2.29. The lowest BCUT2D eigenvalue weighted by Crippen LogP contribution is -2.37. The van der Waals surface area contributed by atoms with E-state index in [1.807, 2.05) is 12.1 Å². The van der Waals surface area contributed by atoms with Crippen molar-refractivity contribution in [3.05, 3.63) is 71.2 Å². The smallest absolute Gasteiger partial charge is 0.256 e. The molecule has 0 saturated carbocycles. The summed E-state index contributed by atoms with van der Waals surface area (Å²) in [6.07, 6.45) is 4.27. The first-order valence-electron chi connectivity index (χ1n) is 11.6. The summed E-state index contributed by atoms with van der Waals surface area (Å²) < 4.78 is 41.5. The van der Waals surface area contributed by atoms with E-state index in [2.05, 4.69) is 15.1 Å². The molecule has 1 amide bonds. The number of anilines is 1. The quantitative estimate of drug-likeness (QED) is 0.456. The highest BCUT2D eigenvalue weighted by molar-refractivity contribution is 5.97. The predicted molar refractivity (Wildman–Crippen MR) is 125 cm³/mol. The maximum atomic E-state index is 14.7. The molecule has 3 aromatic heterocycles. The zero-order valence-electron chi connectivity index (χ0n) is 19.2. The number of rotatable bonds is 5. The number of halogens is 2. The third-order valence-electron chi connectivity index (χ3n) is 6.41. The summed E-state index contributed by atoms with van der Waals surface area (Å²) in [5.41, 5.74) is 9.18. The van der Waals surface area contributed by atoms with Crippen molar-refractivity contribution >= 4 is 17.5 Å². The molecule has 1 unspecified atom stereocenters. The van der Waals surface area contributed by atoms with Gasteiger partial charge in [-0.3, -0.25) is 9.78 Å². The van der Waals surface area contributed by atoms with E-state index in [-0.39, 0.29) is 35.8 Å². The Labute approximate surface area is 204 Å². The molecule has 36 heavy (non-hydrogen) atoms. The third kappa shape index (κ3) is 4.11. The zero-order valence-corrected chi connectivity index (χ0v) is 19.2. The Morgan fingerprint density at radius 2 is 2.08 bits per heavy atom. The van der Waals surface area contributed by atoms with E-state index in [1.165, 1.54) is 6.07 Å². The van der Waals surface area contributed by atoms with Crippen LogP contribution >= 0.6 is 0 Å². The number of benzene rings is 1. The second kappa shape index (κ2) is 8.83. The van der Waals surface area contributed by atoms with E-state index in [4.69, 9.17) is 15.2 Å². The molecule has 5 heterocycles. The average molecular weight is 492 g/mol. The number of amides is 1. The summed E-state index contributed by atoms with van der Waals surface area (Å²) in [6, 6.07) is 7.43. The number of nitrogens with two attached hydrogens (primary N) is 1. The first kappa shape index (κ1) is 22.4. The molecule has 0 aliphatic carbocycles. The standard InChI is InChI=1S/C25H22F2N6O3/c26-17-7-16(23(20(27)10-17)36-18-3-6-35-13-18)12-32-4-2-21-19(24(32)34)8-15(11-29-21)14-1-5-33-22(9-14)30-25(28)31-33/h1,5,7-11,18H,2-4,6,12-13H2,(H2,28,31). The van der Waals surface area contributed by atoms with E-state index in [9.17, 15) is 13.6 Å². The lowest BCUT2D eigenvalue weighted by Gasteiger charge is -2.29. The summed E-state index contributed by atoms with van der Waals surface area (Å²) >= 11 is 0. The van der Waals surface area contributed by atoms with Gasteiger partial charge in [0.1, 0.15) is 11.9 Å². The molecule has 0 spiro atoms. The molecule has 2 aliphatic heterocycles. The summed E-state index contributed by atoms with van der Waals surface area (Å²) in [7, 11) is 0. The second-order valence-corrected chi connectivity index (χ2v) is 8.86. The van der Waals surface area contributed by atoms with Gasteiger partial charge in [0.15, 0.2) is 17.2 Å². The Morgan fingerprint density at radius 1 is 1.19 bits per heavy atom. The fourth-order valence-electron chi connectivity index (χ4n) is 4.62. The third-order valence-corrected chi connectivity index (χ3v) is 6.41. The van der Waals surface area contributed by atoms with Crippen molar-refractivity contribution in [2.45, 2.75) is 25.5 Å². The molecule has 1 saturated heterocycles. The summed E-state index contributed by atoms with van der Waals surface area (Å²) in [5, 5.41) is 4.07. The Morgan fingerprint density at radius 3 is 2.92 bits per heavy atom. The first-order chi connectivity index (χ1) is 17.4. The van der Waals surface area contributed by atoms with Gasteiger partial charge in [0.05, 0.1) is 24.5 Å². The van der Waals surface area contributed by atoms with Crippen LogP contribution in [-0.4, -0.2) is 56.3 Å². The number of ether oxygens (including phenoxy) is 2. The molecule has 11 heteroatoms. The van der Waals surface area contributed by atoms with Gasteiger partial charge in [-0.25, -0.2) is 13.3 Å². The fraction of sp³-hybridized carbons (Fsp3) is 0.280. The Kier molecular flexibility index (Phi) is 5.48. The first-order valence-corrected chi connectivity index (χ1v) is 11.6. The average Bonchev–Trinajstić information content (AvgIpc) is 3.51. The fourth-order valence-corrected chi connectivity index (χ4v) is 4.62. The number of nitrogen functional groups attached to an aromatic ring is 1. The molecule has 9 nitrogen and oxygen atoms in total. The van der Waals surface area contributed by atoms with Crippen LogP contribution in [0.5, 0.6) is 5.75 Å². The van der Waals surface area contributed by atoms with Crippen LogP contribution in [0.1, 0.15) is 28.0 Å². The molecular formula is C25H22F2N6O3. The number of nitrogens with zero attached hydrogens (tertiary/aromatic N) is 5. The molecule has 1 fully saturated rings. The van der Waals surface area contributed by atoms with Crippen molar-refractivity contribution in [1.29, 1.82) is 0 Å². The highest BCUT2D eigenvalue weighted by Crippen LogP contribution is 2.31. The minimum Gasteiger partial charge on any atom is -0.484 e. The number of aromatic nitrogens is 4. The summed E-state index contributed by atoms with van der Waals surface area (Å²) in [4.78, 5) is 23.7. The molecule has 0 radical (unpaired) electrons. The lowest BCUT2D eigenvalue weighted by atomic mass is 9.99. The monoisotopic (exact) mass is 492 g/mol. The van der Waals surface area contributed by atoms with E-state index in [0.717, 1.165) is 17.2 Å². The van der Waals surface area contributed by atoms with Crippen LogP contribution in [0, 0.1) is 11.6 Å². The van der Waals surface area contributed by atoms with Crippen molar-refractivity contribution in [1.82, 2.24) is 24.5 Å². The number of hydrogen-bond donors (Lipinski definition) is 1. The van der Waals surface area contributed by atoms with Crippen LogP contribution in [0.4, 0.5) is 14.7 Å². The van der Waals surface area contributed by atoms with E-state index < -0.39 is 11.6 Å². The zero-order chi connectivity index (χ0) is 24.8. The minimum absolute atomic E-state index is 0.00503. The Bertz CT molecular complexity index is 1480. The molecule has 2 aliphatic rings. The van der Waals surface area contributed by atoms with Crippen LogP contribution in [-0.2, 0) is 17.7 Å². The molecule has 1 aromatic carbocycles. The minimum atomic E-state index is -0.796. The predicted octanol–water partition coefficient (Wildman–Crippen LogP) is 3.02. The topological polar surface area (TPSA) is 108 Å². The van der Waals surface area contributed by atoms with E-state index in [0.29, 0.717) is 49.5 Å². The van der Waals surface area contributed by atoms with Crippen LogP contribution in [0.15, 0.2) is 42.7 Å². The van der Waals surface area contributed by atoms with Gasteiger partial charge in [-0.2, -0.15) is 4.98 Å². The number of hydrogen-bond acceptors (Lipinski definition) is 7. The molecule has 6 rings (SSSR count). The molecular weight excluding hydrogens is 470 g/mol. The van der Waals surface area contributed by atoms with E-state index >= 15 is 0 Å². The maximum absolute atomic E-state index is 14.7. The second-order valence-electron chi connectivity index (χ2n) is 8.86. The lowest BCUT2D eigenvalue weighted by molar-refractivity contribution is 0.0721. The number of pyridine rings is 2. The van der Waals surface area contributed by atoms with Crippen molar-refractivity contribution < 1.29 is 23.0 Å². The van der Waals surface area contributed by atoms with Crippen LogP contribution in [0.25, 0.3) is 16.8 Å². The van der Waals surface area contributed by atoms with Crippen molar-refractivity contribution in [2.75, 3.05) is 25.5 Å².